The Labute approximate surface area is 231 Å². The van der Waals surface area contributed by atoms with Crippen LogP contribution in [-0.4, -0.2) is 57.1 Å². The molecular formula is C27H25F3N4O7. The van der Waals surface area contributed by atoms with Gasteiger partial charge in [-0.25, -0.2) is 9.59 Å². The molecule has 0 radical (unpaired) electrons. The highest BCUT2D eigenvalue weighted by atomic mass is 19.4. The lowest BCUT2D eigenvalue weighted by atomic mass is 9.83. The van der Waals surface area contributed by atoms with Gasteiger partial charge in [-0.1, -0.05) is 35.5 Å². The fourth-order valence-electron chi connectivity index (χ4n) is 4.35. The smallest absolute Gasteiger partial charge is 0.489 e. The summed E-state index contributed by atoms with van der Waals surface area (Å²) in [4.78, 5) is 43.0. The lowest BCUT2D eigenvalue weighted by Gasteiger charge is -2.26. The number of ether oxygens (including phenoxy) is 1. The number of urea groups is 1. The second kappa shape index (κ2) is 11.0. The zero-order valence-corrected chi connectivity index (χ0v) is 21.8. The van der Waals surface area contributed by atoms with E-state index in [0.29, 0.717) is 23.6 Å². The van der Waals surface area contributed by atoms with Crippen molar-refractivity contribution in [2.45, 2.75) is 44.2 Å². The van der Waals surface area contributed by atoms with Gasteiger partial charge in [0, 0.05) is 28.6 Å². The minimum Gasteiger partial charge on any atom is -0.489 e. The zero-order chi connectivity index (χ0) is 30.0. The number of benzene rings is 2. The van der Waals surface area contributed by atoms with Crippen LogP contribution in [0.5, 0.6) is 5.75 Å². The molecule has 1 saturated heterocycles. The largest absolute Gasteiger partial charge is 0.490 e. The van der Waals surface area contributed by atoms with Gasteiger partial charge in [-0.3, -0.25) is 15.1 Å². The Morgan fingerprint density at radius 1 is 1.15 bits per heavy atom. The molecule has 0 spiro atoms. The first-order chi connectivity index (χ1) is 19.3. The van der Waals surface area contributed by atoms with Gasteiger partial charge in [0.2, 0.25) is 0 Å². The van der Waals surface area contributed by atoms with Crippen LogP contribution in [0.1, 0.15) is 30.2 Å². The normalized spacial score (nSPS) is 21.8. The highest BCUT2D eigenvalue weighted by molar-refractivity contribution is 6.22. The molecule has 2 atom stereocenters. The van der Waals surface area contributed by atoms with Gasteiger partial charge in [0.15, 0.2) is 11.1 Å². The number of fused-ring (bicyclic) bond motifs is 1. The number of alkyl halides is 3. The van der Waals surface area contributed by atoms with Gasteiger partial charge in [-0.15, -0.1) is 0 Å². The van der Waals surface area contributed by atoms with Crippen LogP contribution in [-0.2, 0) is 26.6 Å². The number of carbonyl (C=O) groups is 3. The van der Waals surface area contributed by atoms with Crippen LogP contribution in [0.15, 0.2) is 59.8 Å². The minimum atomic E-state index is -5.08. The van der Waals surface area contributed by atoms with Crippen molar-refractivity contribution in [3.8, 4) is 5.75 Å². The Hall–Kier alpha value is -4.72. The van der Waals surface area contributed by atoms with Gasteiger partial charge in [0.25, 0.3) is 5.91 Å². The summed E-state index contributed by atoms with van der Waals surface area (Å²) in [5.74, 6) is -2.60. The van der Waals surface area contributed by atoms with Crippen LogP contribution in [0.25, 0.3) is 10.9 Å². The van der Waals surface area contributed by atoms with E-state index >= 15 is 0 Å². The third-order valence-electron chi connectivity index (χ3n) is 6.61. The number of hydrogen-bond acceptors (Lipinski definition) is 8. The molecule has 1 aromatic heterocycles. The Kier molecular flexibility index (Phi) is 7.88. The van der Waals surface area contributed by atoms with Crippen molar-refractivity contribution in [3.63, 3.8) is 0 Å². The second-order valence-corrected chi connectivity index (χ2v) is 9.55. The summed E-state index contributed by atoms with van der Waals surface area (Å²) in [5, 5.41) is 27.2. The van der Waals surface area contributed by atoms with E-state index in [1.165, 1.54) is 0 Å². The number of aromatic nitrogens is 1. The van der Waals surface area contributed by atoms with Crippen molar-refractivity contribution in [2.24, 2.45) is 5.16 Å². The van der Waals surface area contributed by atoms with Gasteiger partial charge >= 0.3 is 18.2 Å². The minimum absolute atomic E-state index is 0.149. The van der Waals surface area contributed by atoms with Crippen LogP contribution in [0.3, 0.4) is 0 Å². The molecule has 2 aliphatic rings. The summed E-state index contributed by atoms with van der Waals surface area (Å²) < 4.78 is 37.8. The SMILES string of the molecule is Cc1cc(COc2ccc(C3(CO)CC(C4(C)NC(=O)NC4=O)=NO3)cc2)c2ccccc2n1.O=C(O)C(F)(F)F. The Morgan fingerprint density at radius 3 is 2.39 bits per heavy atom. The molecule has 2 aliphatic heterocycles. The molecule has 1 fully saturated rings. The molecule has 3 heterocycles. The molecule has 4 N–H and O–H groups in total. The number of halogens is 3. The Bertz CT molecular complexity index is 1530. The number of aliphatic hydroxyl groups is 1. The monoisotopic (exact) mass is 574 g/mol. The van der Waals surface area contributed by atoms with Gasteiger partial charge in [0.1, 0.15) is 12.4 Å². The number of imide groups is 1. The van der Waals surface area contributed by atoms with E-state index in [0.717, 1.165) is 22.2 Å². The lowest BCUT2D eigenvalue weighted by molar-refractivity contribution is -0.192. The van der Waals surface area contributed by atoms with E-state index in [1.54, 1.807) is 31.2 Å². The summed E-state index contributed by atoms with van der Waals surface area (Å²) in [6.45, 7) is 3.54. The van der Waals surface area contributed by atoms with E-state index in [2.05, 4.69) is 20.8 Å². The van der Waals surface area contributed by atoms with Crippen LogP contribution in [0.2, 0.25) is 0 Å². The van der Waals surface area contributed by atoms with Gasteiger partial charge < -0.3 is 25.1 Å². The predicted octanol–water partition coefficient (Wildman–Crippen LogP) is 3.32. The number of carbonyl (C=O) groups excluding carboxylic acids is 2. The molecule has 0 bridgehead atoms. The molecule has 14 heteroatoms. The number of aryl methyl sites for hydroxylation is 1. The topological polar surface area (TPSA) is 159 Å². The number of oxime groups is 1. The number of para-hydroxylation sites is 1. The third kappa shape index (κ3) is 6.06. The lowest BCUT2D eigenvalue weighted by Crippen LogP contribution is -2.51. The number of aliphatic carboxylic acids is 1. The summed E-state index contributed by atoms with van der Waals surface area (Å²) in [5.41, 5.74) is 1.45. The first kappa shape index (κ1) is 29.3. The van der Waals surface area contributed by atoms with Crippen molar-refractivity contribution >= 4 is 34.5 Å². The number of amides is 3. The molecule has 2 aromatic carbocycles. The Morgan fingerprint density at radius 2 is 1.80 bits per heavy atom. The number of carboxylic acids is 1. The summed E-state index contributed by atoms with van der Waals surface area (Å²) >= 11 is 0. The van der Waals surface area contributed by atoms with E-state index < -0.39 is 35.2 Å². The molecule has 2 unspecified atom stereocenters. The maximum Gasteiger partial charge on any atom is 0.490 e. The van der Waals surface area contributed by atoms with Crippen LogP contribution >= 0.6 is 0 Å². The summed E-state index contributed by atoms with van der Waals surface area (Å²) in [6.07, 6.45) is -4.93. The molecule has 41 heavy (non-hydrogen) atoms. The molecule has 0 saturated carbocycles. The van der Waals surface area contributed by atoms with Crippen LogP contribution in [0, 0.1) is 6.92 Å². The third-order valence-corrected chi connectivity index (χ3v) is 6.61. The predicted molar refractivity (Wildman–Crippen MR) is 138 cm³/mol. The van der Waals surface area contributed by atoms with Gasteiger partial charge in [-0.05, 0) is 38.1 Å². The number of aliphatic hydroxyl groups excluding tert-OH is 1. The van der Waals surface area contributed by atoms with Crippen LogP contribution < -0.4 is 15.4 Å². The summed E-state index contributed by atoms with van der Waals surface area (Å²) in [6, 6.07) is 16.6. The average Bonchev–Trinajstić information content (AvgIpc) is 3.49. The van der Waals surface area contributed by atoms with E-state index in [1.807, 2.05) is 37.3 Å². The highest BCUT2D eigenvalue weighted by Gasteiger charge is 2.53. The Balaban J connectivity index is 0.000000493. The quantitative estimate of drug-likeness (QED) is 0.326. The van der Waals surface area contributed by atoms with E-state index in [-0.39, 0.29) is 13.0 Å². The number of rotatable bonds is 6. The maximum atomic E-state index is 12.3. The van der Waals surface area contributed by atoms with Crippen molar-refractivity contribution in [3.05, 3.63) is 71.4 Å². The van der Waals surface area contributed by atoms with E-state index in [4.69, 9.17) is 19.5 Å². The van der Waals surface area contributed by atoms with Crippen LogP contribution in [0.4, 0.5) is 18.0 Å². The average molecular weight is 575 g/mol. The molecular weight excluding hydrogens is 549 g/mol. The first-order valence-electron chi connectivity index (χ1n) is 12.2. The number of pyridine rings is 1. The molecule has 216 valence electrons. The highest BCUT2D eigenvalue weighted by Crippen LogP contribution is 2.38. The van der Waals surface area contributed by atoms with Crippen molar-refractivity contribution < 1.29 is 47.3 Å². The van der Waals surface area contributed by atoms with Gasteiger partial charge in [-0.2, -0.15) is 13.2 Å². The molecule has 3 amide bonds. The fraction of sp³-hybridized carbons (Fsp3) is 0.296. The van der Waals surface area contributed by atoms with Crippen molar-refractivity contribution in [1.82, 2.24) is 15.6 Å². The standard InChI is InChI=1S/C25H24N4O5.C2HF3O2/c1-15-11-16(19-5-3-4-6-20(19)26-15)13-33-18-9-7-17(8-10-18)25(14-30)12-21(29-34-25)24(2)22(31)27-23(32)28-24;3-2(4,5)1(6)7/h3-11,30H,12-14H2,1-2H3,(H2,27,28,31,32);(H,6,7). The molecule has 5 rings (SSSR count). The molecule has 0 aliphatic carbocycles. The van der Waals surface area contributed by atoms with Crippen molar-refractivity contribution in [1.29, 1.82) is 0 Å². The molecule has 11 nitrogen and oxygen atoms in total. The van der Waals surface area contributed by atoms with Crippen molar-refractivity contribution in [2.75, 3.05) is 6.61 Å². The van der Waals surface area contributed by atoms with Gasteiger partial charge in [0.05, 0.1) is 17.8 Å². The number of carboxylic acid groups (broad SMARTS) is 1. The zero-order valence-electron chi connectivity index (χ0n) is 21.8. The second-order valence-electron chi connectivity index (χ2n) is 9.55. The number of nitrogens with zero attached hydrogens (tertiary/aromatic N) is 2. The van der Waals surface area contributed by atoms with E-state index in [9.17, 15) is 27.9 Å². The first-order valence-corrected chi connectivity index (χ1v) is 12.2. The summed E-state index contributed by atoms with van der Waals surface area (Å²) in [7, 11) is 0. The fourth-order valence-corrected chi connectivity index (χ4v) is 4.35. The number of hydrogen-bond donors (Lipinski definition) is 4. The number of nitrogens with one attached hydrogen (secondary N) is 2. The maximum absolute atomic E-state index is 12.3. The molecule has 3 aromatic rings.